The van der Waals surface area contributed by atoms with Gasteiger partial charge in [0.1, 0.15) is 17.5 Å². The molecule has 1 aromatic rings. The summed E-state index contributed by atoms with van der Waals surface area (Å²) in [7, 11) is 1.94. The molecule has 0 saturated heterocycles. The summed E-state index contributed by atoms with van der Waals surface area (Å²) in [5.41, 5.74) is 1.03. The number of aromatic nitrogens is 2. The van der Waals surface area contributed by atoms with E-state index >= 15 is 0 Å². The molecule has 0 radical (unpaired) electrons. The molecule has 5 heteroatoms. The number of hydrogen-bond donors (Lipinski definition) is 2. The fraction of sp³-hybridized carbons (Fsp3) is 0.692. The number of hydrogen-bond acceptors (Lipinski definition) is 5. The van der Waals surface area contributed by atoms with Crippen LogP contribution in [-0.4, -0.2) is 41.3 Å². The smallest absolute Gasteiger partial charge is 0.137 e. The normalized spacial score (nSPS) is 12.3. The van der Waals surface area contributed by atoms with Crippen LogP contribution in [0.15, 0.2) is 0 Å². The molecule has 1 rings (SSSR count). The molecule has 0 amide bonds. The highest BCUT2D eigenvalue weighted by Crippen LogP contribution is 2.23. The molecule has 0 spiro atoms. The summed E-state index contributed by atoms with van der Waals surface area (Å²) in [5, 5.41) is 12.7. The molecule has 0 fully saturated rings. The molecule has 18 heavy (non-hydrogen) atoms. The predicted octanol–water partition coefficient (Wildman–Crippen LogP) is 1.60. The lowest BCUT2D eigenvalue weighted by atomic mass is 10.2. The molecule has 0 aliphatic rings. The Hall–Kier alpha value is -1.36. The third kappa shape index (κ3) is 3.57. The Balaban J connectivity index is 3.12. The first kappa shape index (κ1) is 14.7. The number of aliphatic hydroxyl groups is 1. The molecule has 1 unspecified atom stereocenters. The number of aryl methyl sites for hydroxylation is 1. The van der Waals surface area contributed by atoms with Crippen LogP contribution in [0, 0.1) is 6.92 Å². The summed E-state index contributed by atoms with van der Waals surface area (Å²) in [6.45, 7) is 9.27. The zero-order valence-corrected chi connectivity index (χ0v) is 12.0. The molecular weight excluding hydrogens is 228 g/mol. The first-order valence-electron chi connectivity index (χ1n) is 6.50. The van der Waals surface area contributed by atoms with E-state index in [1.54, 1.807) is 6.92 Å². The van der Waals surface area contributed by atoms with E-state index in [4.69, 9.17) is 0 Å². The van der Waals surface area contributed by atoms with Gasteiger partial charge in [-0.2, -0.15) is 0 Å². The Morgan fingerprint density at radius 3 is 2.50 bits per heavy atom. The summed E-state index contributed by atoms with van der Waals surface area (Å²) in [6.07, 6.45) is 0.422. The van der Waals surface area contributed by atoms with Crippen molar-refractivity contribution in [3.8, 4) is 0 Å². The van der Waals surface area contributed by atoms with E-state index < -0.39 is 0 Å². The van der Waals surface area contributed by atoms with Gasteiger partial charge in [0, 0.05) is 32.1 Å². The molecule has 0 aliphatic carbocycles. The highest BCUT2D eigenvalue weighted by atomic mass is 16.3. The standard InChI is InChI=1S/C13H24N4O/c1-6-11-15-12(14-7-2)10(4)13(16-11)17(5)8-9(3)18/h9,18H,6-8H2,1-5H3,(H,14,15,16). The van der Waals surface area contributed by atoms with Gasteiger partial charge in [-0.1, -0.05) is 6.92 Å². The number of anilines is 2. The summed E-state index contributed by atoms with van der Waals surface area (Å²) < 4.78 is 0. The van der Waals surface area contributed by atoms with Crippen LogP contribution >= 0.6 is 0 Å². The third-order valence-electron chi connectivity index (χ3n) is 2.73. The largest absolute Gasteiger partial charge is 0.392 e. The predicted molar refractivity (Wildman–Crippen MR) is 75.3 cm³/mol. The Bertz CT molecular complexity index is 393. The van der Waals surface area contributed by atoms with Gasteiger partial charge in [0.15, 0.2) is 0 Å². The van der Waals surface area contributed by atoms with Gasteiger partial charge in [-0.05, 0) is 20.8 Å². The molecule has 0 saturated carbocycles. The first-order valence-corrected chi connectivity index (χ1v) is 6.50. The first-order chi connectivity index (χ1) is 8.49. The monoisotopic (exact) mass is 252 g/mol. The fourth-order valence-corrected chi connectivity index (χ4v) is 1.90. The van der Waals surface area contributed by atoms with Crippen molar-refractivity contribution in [2.75, 3.05) is 30.4 Å². The summed E-state index contributed by atoms with van der Waals surface area (Å²) in [4.78, 5) is 11.0. The second kappa shape index (κ2) is 6.54. The van der Waals surface area contributed by atoms with E-state index in [-0.39, 0.29) is 6.10 Å². The fourth-order valence-electron chi connectivity index (χ4n) is 1.90. The van der Waals surface area contributed by atoms with Crippen molar-refractivity contribution in [3.05, 3.63) is 11.4 Å². The molecule has 5 nitrogen and oxygen atoms in total. The maximum absolute atomic E-state index is 9.47. The Morgan fingerprint density at radius 1 is 1.33 bits per heavy atom. The second-order valence-corrected chi connectivity index (χ2v) is 4.55. The molecular formula is C13H24N4O. The molecule has 0 aliphatic heterocycles. The molecule has 1 atom stereocenters. The van der Waals surface area contributed by atoms with Crippen molar-refractivity contribution in [1.82, 2.24) is 9.97 Å². The van der Waals surface area contributed by atoms with Crippen molar-refractivity contribution in [2.24, 2.45) is 0 Å². The van der Waals surface area contributed by atoms with Gasteiger partial charge in [-0.15, -0.1) is 0 Å². The van der Waals surface area contributed by atoms with Crippen LogP contribution in [0.5, 0.6) is 0 Å². The van der Waals surface area contributed by atoms with Crippen molar-refractivity contribution in [2.45, 2.75) is 40.2 Å². The van der Waals surface area contributed by atoms with E-state index in [1.165, 1.54) is 0 Å². The zero-order valence-electron chi connectivity index (χ0n) is 12.0. The number of aliphatic hydroxyl groups excluding tert-OH is 1. The second-order valence-electron chi connectivity index (χ2n) is 4.55. The van der Waals surface area contributed by atoms with Crippen LogP contribution in [-0.2, 0) is 6.42 Å². The SMILES string of the molecule is CCNc1nc(CC)nc(N(C)CC(C)O)c1C. The van der Waals surface area contributed by atoms with Crippen LogP contribution in [0.25, 0.3) is 0 Å². The van der Waals surface area contributed by atoms with E-state index in [0.29, 0.717) is 6.54 Å². The van der Waals surface area contributed by atoms with E-state index in [1.807, 2.05) is 32.7 Å². The van der Waals surface area contributed by atoms with Gasteiger partial charge in [-0.25, -0.2) is 9.97 Å². The van der Waals surface area contributed by atoms with E-state index in [2.05, 4.69) is 15.3 Å². The van der Waals surface area contributed by atoms with Gasteiger partial charge in [0.2, 0.25) is 0 Å². The molecule has 0 bridgehead atoms. The molecule has 2 N–H and O–H groups in total. The highest BCUT2D eigenvalue weighted by molar-refractivity contribution is 5.58. The lowest BCUT2D eigenvalue weighted by Gasteiger charge is -2.23. The van der Waals surface area contributed by atoms with Crippen molar-refractivity contribution < 1.29 is 5.11 Å². The van der Waals surface area contributed by atoms with Gasteiger partial charge in [0.05, 0.1) is 6.10 Å². The average Bonchev–Trinajstić information content (AvgIpc) is 2.31. The minimum Gasteiger partial charge on any atom is -0.392 e. The quantitative estimate of drug-likeness (QED) is 0.805. The topological polar surface area (TPSA) is 61.3 Å². The van der Waals surface area contributed by atoms with Crippen LogP contribution < -0.4 is 10.2 Å². The highest BCUT2D eigenvalue weighted by Gasteiger charge is 2.14. The van der Waals surface area contributed by atoms with Gasteiger partial charge < -0.3 is 15.3 Å². The molecule has 102 valence electrons. The summed E-state index contributed by atoms with van der Waals surface area (Å²) >= 11 is 0. The number of likely N-dealkylation sites (N-methyl/N-ethyl adjacent to an activating group) is 1. The summed E-state index contributed by atoms with van der Waals surface area (Å²) in [6, 6.07) is 0. The van der Waals surface area contributed by atoms with E-state index in [0.717, 1.165) is 36.0 Å². The molecule has 1 heterocycles. The lowest BCUT2D eigenvalue weighted by molar-refractivity contribution is 0.201. The van der Waals surface area contributed by atoms with Crippen LogP contribution in [0.3, 0.4) is 0 Å². The van der Waals surface area contributed by atoms with Crippen LogP contribution in [0.4, 0.5) is 11.6 Å². The van der Waals surface area contributed by atoms with E-state index in [9.17, 15) is 5.11 Å². The lowest BCUT2D eigenvalue weighted by Crippen LogP contribution is -2.29. The molecule has 0 aromatic carbocycles. The maximum Gasteiger partial charge on any atom is 0.137 e. The van der Waals surface area contributed by atoms with Crippen LogP contribution in [0.2, 0.25) is 0 Å². The van der Waals surface area contributed by atoms with Crippen molar-refractivity contribution in [3.63, 3.8) is 0 Å². The van der Waals surface area contributed by atoms with Crippen molar-refractivity contribution in [1.29, 1.82) is 0 Å². The average molecular weight is 252 g/mol. The maximum atomic E-state index is 9.47. The Kier molecular flexibility index (Phi) is 5.34. The summed E-state index contributed by atoms with van der Waals surface area (Å²) in [5.74, 6) is 2.60. The minimum absolute atomic E-state index is 0.378. The van der Waals surface area contributed by atoms with Gasteiger partial charge in [0.25, 0.3) is 0 Å². The number of rotatable bonds is 6. The zero-order chi connectivity index (χ0) is 13.7. The number of nitrogens with zero attached hydrogens (tertiary/aromatic N) is 3. The molecule has 1 aromatic heterocycles. The minimum atomic E-state index is -0.378. The van der Waals surface area contributed by atoms with Crippen LogP contribution in [0.1, 0.15) is 32.2 Å². The van der Waals surface area contributed by atoms with Crippen molar-refractivity contribution >= 4 is 11.6 Å². The third-order valence-corrected chi connectivity index (χ3v) is 2.73. The Morgan fingerprint density at radius 2 is 2.00 bits per heavy atom. The number of nitrogens with one attached hydrogen (secondary N) is 1. The Labute approximate surface area is 109 Å². The van der Waals surface area contributed by atoms with Gasteiger partial charge >= 0.3 is 0 Å². The van der Waals surface area contributed by atoms with Gasteiger partial charge in [-0.3, -0.25) is 0 Å².